The van der Waals surface area contributed by atoms with Crippen LogP contribution in [0, 0.1) is 5.41 Å². The second-order valence-electron chi connectivity index (χ2n) is 3.83. The molecule has 1 aliphatic heterocycles. The average molecular weight is 195 g/mol. The van der Waals surface area contributed by atoms with Gasteiger partial charge in [-0.15, -0.1) is 0 Å². The SMILES string of the molecule is CC1(C(=O)c2ccsc2)CCNC1. The van der Waals surface area contributed by atoms with Gasteiger partial charge in [-0.2, -0.15) is 11.3 Å². The van der Waals surface area contributed by atoms with E-state index in [0.29, 0.717) is 5.78 Å². The molecular formula is C10H13NOS. The first-order valence-corrected chi connectivity index (χ1v) is 5.44. The lowest BCUT2D eigenvalue weighted by Gasteiger charge is -2.19. The molecule has 1 aliphatic rings. The van der Waals surface area contributed by atoms with Crippen molar-refractivity contribution < 1.29 is 4.79 Å². The van der Waals surface area contributed by atoms with E-state index in [0.717, 1.165) is 25.1 Å². The molecule has 0 aliphatic carbocycles. The minimum Gasteiger partial charge on any atom is -0.316 e. The van der Waals surface area contributed by atoms with Crippen molar-refractivity contribution in [1.82, 2.24) is 5.32 Å². The molecule has 1 N–H and O–H groups in total. The van der Waals surface area contributed by atoms with Crippen LogP contribution in [0.3, 0.4) is 0 Å². The summed E-state index contributed by atoms with van der Waals surface area (Å²) in [7, 11) is 0. The van der Waals surface area contributed by atoms with Crippen molar-refractivity contribution >= 4 is 17.1 Å². The summed E-state index contributed by atoms with van der Waals surface area (Å²) in [6.45, 7) is 3.83. The van der Waals surface area contributed by atoms with E-state index in [-0.39, 0.29) is 5.41 Å². The van der Waals surface area contributed by atoms with Crippen molar-refractivity contribution in [2.45, 2.75) is 13.3 Å². The van der Waals surface area contributed by atoms with E-state index < -0.39 is 0 Å². The van der Waals surface area contributed by atoms with Gasteiger partial charge in [0.05, 0.1) is 0 Å². The summed E-state index contributed by atoms with van der Waals surface area (Å²) in [6.07, 6.45) is 0.960. The molecule has 0 amide bonds. The molecule has 2 rings (SSSR count). The van der Waals surface area contributed by atoms with Crippen LogP contribution in [0.5, 0.6) is 0 Å². The van der Waals surface area contributed by atoms with Crippen LogP contribution >= 0.6 is 11.3 Å². The lowest BCUT2D eigenvalue weighted by molar-refractivity contribution is 0.0840. The van der Waals surface area contributed by atoms with E-state index in [1.807, 2.05) is 23.8 Å². The van der Waals surface area contributed by atoms with Crippen LogP contribution in [-0.4, -0.2) is 18.9 Å². The van der Waals surface area contributed by atoms with E-state index in [2.05, 4.69) is 5.32 Å². The first-order chi connectivity index (χ1) is 6.22. The Bertz CT molecular complexity index is 299. The third-order valence-electron chi connectivity index (χ3n) is 2.70. The maximum atomic E-state index is 12.0. The summed E-state index contributed by atoms with van der Waals surface area (Å²) in [6, 6.07) is 1.91. The van der Waals surface area contributed by atoms with Crippen LogP contribution in [0.4, 0.5) is 0 Å². The van der Waals surface area contributed by atoms with Crippen molar-refractivity contribution in [1.29, 1.82) is 0 Å². The van der Waals surface area contributed by atoms with Gasteiger partial charge in [0, 0.05) is 22.9 Å². The Morgan fingerprint density at radius 3 is 3.08 bits per heavy atom. The third kappa shape index (κ3) is 1.54. The Morgan fingerprint density at radius 2 is 2.54 bits per heavy atom. The lowest BCUT2D eigenvalue weighted by atomic mass is 9.82. The highest BCUT2D eigenvalue weighted by Gasteiger charge is 2.36. The topological polar surface area (TPSA) is 29.1 Å². The fraction of sp³-hybridized carbons (Fsp3) is 0.500. The summed E-state index contributed by atoms with van der Waals surface area (Å²) in [5.74, 6) is 0.291. The van der Waals surface area contributed by atoms with Crippen molar-refractivity contribution in [3.05, 3.63) is 22.4 Å². The first kappa shape index (κ1) is 8.91. The van der Waals surface area contributed by atoms with E-state index >= 15 is 0 Å². The van der Waals surface area contributed by atoms with Gasteiger partial charge in [-0.25, -0.2) is 0 Å². The highest BCUT2D eigenvalue weighted by Crippen LogP contribution is 2.29. The summed E-state index contributed by atoms with van der Waals surface area (Å²) in [5, 5.41) is 7.13. The first-order valence-electron chi connectivity index (χ1n) is 4.50. The fourth-order valence-electron chi connectivity index (χ4n) is 1.75. The van der Waals surface area contributed by atoms with Crippen molar-refractivity contribution in [3.63, 3.8) is 0 Å². The van der Waals surface area contributed by atoms with E-state index in [1.165, 1.54) is 0 Å². The highest BCUT2D eigenvalue weighted by atomic mass is 32.1. The fourth-order valence-corrected chi connectivity index (χ4v) is 2.39. The van der Waals surface area contributed by atoms with Crippen molar-refractivity contribution in [2.24, 2.45) is 5.41 Å². The Balaban J connectivity index is 2.21. The molecule has 1 atom stereocenters. The number of thiophene rings is 1. The molecule has 1 aromatic rings. The maximum absolute atomic E-state index is 12.0. The van der Waals surface area contributed by atoms with Gasteiger partial charge < -0.3 is 5.32 Å². The van der Waals surface area contributed by atoms with Crippen LogP contribution < -0.4 is 5.32 Å². The van der Waals surface area contributed by atoms with Crippen LogP contribution in [-0.2, 0) is 0 Å². The second-order valence-corrected chi connectivity index (χ2v) is 4.61. The number of nitrogens with one attached hydrogen (secondary N) is 1. The predicted octanol–water partition coefficient (Wildman–Crippen LogP) is 1.93. The van der Waals surface area contributed by atoms with Gasteiger partial charge in [0.25, 0.3) is 0 Å². The molecule has 0 bridgehead atoms. The summed E-state index contributed by atoms with van der Waals surface area (Å²) < 4.78 is 0. The van der Waals surface area contributed by atoms with Crippen LogP contribution in [0.2, 0.25) is 0 Å². The molecule has 0 saturated carbocycles. The van der Waals surface area contributed by atoms with E-state index in [1.54, 1.807) is 11.3 Å². The number of rotatable bonds is 2. The molecule has 0 spiro atoms. The minimum atomic E-state index is -0.166. The Kier molecular flexibility index (Phi) is 2.22. The van der Waals surface area contributed by atoms with Crippen molar-refractivity contribution in [3.8, 4) is 0 Å². The summed E-state index contributed by atoms with van der Waals surface area (Å²) >= 11 is 1.58. The monoisotopic (exact) mass is 195 g/mol. The molecule has 2 nitrogen and oxygen atoms in total. The Morgan fingerprint density at radius 1 is 1.69 bits per heavy atom. The van der Waals surface area contributed by atoms with Gasteiger partial charge in [0.2, 0.25) is 0 Å². The molecule has 2 heterocycles. The minimum absolute atomic E-state index is 0.166. The summed E-state index contributed by atoms with van der Waals surface area (Å²) in [4.78, 5) is 12.0. The maximum Gasteiger partial charge on any atom is 0.170 e. The quantitative estimate of drug-likeness (QED) is 0.731. The van der Waals surface area contributed by atoms with Gasteiger partial charge in [-0.1, -0.05) is 6.92 Å². The molecule has 13 heavy (non-hydrogen) atoms. The van der Waals surface area contributed by atoms with E-state index in [9.17, 15) is 4.79 Å². The number of carbonyl (C=O) groups excluding carboxylic acids is 1. The number of carbonyl (C=O) groups is 1. The Hall–Kier alpha value is -0.670. The third-order valence-corrected chi connectivity index (χ3v) is 3.38. The molecule has 1 fully saturated rings. The van der Waals surface area contributed by atoms with Gasteiger partial charge >= 0.3 is 0 Å². The predicted molar refractivity (Wildman–Crippen MR) is 54.2 cm³/mol. The zero-order valence-corrected chi connectivity index (χ0v) is 8.49. The molecule has 1 saturated heterocycles. The van der Waals surface area contributed by atoms with Gasteiger partial charge in [0.1, 0.15) is 0 Å². The molecule has 70 valence electrons. The molecule has 0 radical (unpaired) electrons. The van der Waals surface area contributed by atoms with Gasteiger partial charge in [-0.05, 0) is 24.4 Å². The largest absolute Gasteiger partial charge is 0.316 e. The summed E-state index contributed by atoms with van der Waals surface area (Å²) in [5.41, 5.74) is 0.706. The van der Waals surface area contributed by atoms with Crippen molar-refractivity contribution in [2.75, 3.05) is 13.1 Å². The highest BCUT2D eigenvalue weighted by molar-refractivity contribution is 7.08. The number of hydrogen-bond donors (Lipinski definition) is 1. The van der Waals surface area contributed by atoms with Crippen LogP contribution in [0.25, 0.3) is 0 Å². The smallest absolute Gasteiger partial charge is 0.170 e. The average Bonchev–Trinajstić information content (AvgIpc) is 2.73. The molecule has 3 heteroatoms. The standard InChI is InChI=1S/C10H13NOS/c1-10(3-4-11-7-10)9(12)8-2-5-13-6-8/h2,5-6,11H,3-4,7H2,1H3. The molecule has 1 unspecified atom stereocenters. The molecule has 1 aromatic heterocycles. The molecule has 0 aromatic carbocycles. The zero-order chi connectivity index (χ0) is 9.31. The number of Topliss-reactive ketones (excluding diaryl/α,β-unsaturated/α-hetero) is 1. The zero-order valence-electron chi connectivity index (χ0n) is 7.67. The normalized spacial score (nSPS) is 27.8. The van der Waals surface area contributed by atoms with Gasteiger partial charge in [0.15, 0.2) is 5.78 Å². The lowest BCUT2D eigenvalue weighted by Crippen LogP contribution is -2.29. The number of ketones is 1. The van der Waals surface area contributed by atoms with Crippen LogP contribution in [0.1, 0.15) is 23.7 Å². The second kappa shape index (κ2) is 3.24. The molecular weight excluding hydrogens is 182 g/mol. The van der Waals surface area contributed by atoms with Gasteiger partial charge in [-0.3, -0.25) is 4.79 Å². The Labute approximate surface area is 82.0 Å². The van der Waals surface area contributed by atoms with E-state index in [4.69, 9.17) is 0 Å². The van der Waals surface area contributed by atoms with Crippen LogP contribution in [0.15, 0.2) is 16.8 Å². The number of hydrogen-bond acceptors (Lipinski definition) is 3.